The lowest BCUT2D eigenvalue weighted by Gasteiger charge is -2.27. The van der Waals surface area contributed by atoms with Gasteiger partial charge in [0, 0.05) is 32.2 Å². The predicted octanol–water partition coefficient (Wildman–Crippen LogP) is 0.944. The Morgan fingerprint density at radius 3 is 2.50 bits per heavy atom. The van der Waals surface area contributed by atoms with Crippen molar-refractivity contribution in [3.8, 4) is 5.75 Å². The molecule has 182 valence electrons. The van der Waals surface area contributed by atoms with Crippen LogP contribution in [-0.2, 0) is 28.8 Å². The van der Waals surface area contributed by atoms with Crippen molar-refractivity contribution in [2.45, 2.75) is 31.4 Å². The standard InChI is InChI=1S/C26H33N3O5/c1-33-24-12-18(13-25(31)29-8-10-34-11-9-29)6-7-23(24)26(32)28-17-22(30)16-27-21-14-19-4-2-3-5-20(19)15-21/h2-7,12,21-22,27,30H,8-11,13-17H2,1H3,(H,28,32). The highest BCUT2D eigenvalue weighted by molar-refractivity contribution is 5.97. The number of methoxy groups -OCH3 is 1. The molecule has 1 fully saturated rings. The van der Waals surface area contributed by atoms with Gasteiger partial charge in [0.15, 0.2) is 0 Å². The lowest BCUT2D eigenvalue weighted by molar-refractivity contribution is -0.134. The zero-order valence-electron chi connectivity index (χ0n) is 19.6. The third-order valence-electron chi connectivity index (χ3n) is 6.42. The second kappa shape index (κ2) is 11.5. The molecule has 8 nitrogen and oxygen atoms in total. The largest absolute Gasteiger partial charge is 0.496 e. The second-order valence-corrected chi connectivity index (χ2v) is 8.85. The van der Waals surface area contributed by atoms with E-state index >= 15 is 0 Å². The summed E-state index contributed by atoms with van der Waals surface area (Å²) in [5.74, 6) is 0.111. The van der Waals surface area contributed by atoms with Crippen molar-refractivity contribution >= 4 is 11.8 Å². The quantitative estimate of drug-likeness (QED) is 0.508. The molecule has 8 heteroatoms. The first-order chi connectivity index (χ1) is 16.5. The van der Waals surface area contributed by atoms with Gasteiger partial charge in [-0.15, -0.1) is 0 Å². The molecule has 2 aromatic rings. The highest BCUT2D eigenvalue weighted by atomic mass is 16.5. The molecule has 1 unspecified atom stereocenters. The number of carbonyl (C=O) groups excluding carboxylic acids is 2. The van der Waals surface area contributed by atoms with E-state index in [9.17, 15) is 14.7 Å². The highest BCUT2D eigenvalue weighted by Gasteiger charge is 2.22. The van der Waals surface area contributed by atoms with Gasteiger partial charge in [-0.25, -0.2) is 0 Å². The second-order valence-electron chi connectivity index (χ2n) is 8.85. The van der Waals surface area contributed by atoms with Crippen molar-refractivity contribution in [1.82, 2.24) is 15.5 Å². The van der Waals surface area contributed by atoms with E-state index in [2.05, 4.69) is 34.9 Å². The molecular formula is C26H33N3O5. The summed E-state index contributed by atoms with van der Waals surface area (Å²) in [6.45, 7) is 2.85. The minimum atomic E-state index is -0.705. The van der Waals surface area contributed by atoms with Gasteiger partial charge in [-0.05, 0) is 41.7 Å². The molecule has 1 aliphatic carbocycles. The number of morpholine rings is 1. The fourth-order valence-electron chi connectivity index (χ4n) is 4.52. The molecule has 34 heavy (non-hydrogen) atoms. The summed E-state index contributed by atoms with van der Waals surface area (Å²) in [4.78, 5) is 27.0. The van der Waals surface area contributed by atoms with Crippen LogP contribution in [0.1, 0.15) is 27.0 Å². The van der Waals surface area contributed by atoms with Crippen molar-refractivity contribution in [2.75, 3.05) is 46.5 Å². The molecule has 2 aliphatic rings. The molecule has 3 N–H and O–H groups in total. The third-order valence-corrected chi connectivity index (χ3v) is 6.42. The van der Waals surface area contributed by atoms with Crippen LogP contribution in [0.5, 0.6) is 5.75 Å². The number of carbonyl (C=O) groups is 2. The van der Waals surface area contributed by atoms with Crippen LogP contribution in [0.4, 0.5) is 0 Å². The fraction of sp³-hybridized carbons (Fsp3) is 0.462. The third kappa shape index (κ3) is 6.14. The van der Waals surface area contributed by atoms with Gasteiger partial charge in [0.25, 0.3) is 5.91 Å². The number of aliphatic hydroxyl groups is 1. The Labute approximate surface area is 200 Å². The Morgan fingerprint density at radius 1 is 1.12 bits per heavy atom. The molecule has 0 bridgehead atoms. The number of amides is 2. The predicted molar refractivity (Wildman–Crippen MR) is 128 cm³/mol. The van der Waals surface area contributed by atoms with Crippen LogP contribution in [0.15, 0.2) is 42.5 Å². The Hall–Kier alpha value is -2.94. The summed E-state index contributed by atoms with van der Waals surface area (Å²) in [7, 11) is 1.50. The van der Waals surface area contributed by atoms with Gasteiger partial charge in [0.05, 0.1) is 38.4 Å². The van der Waals surface area contributed by atoms with E-state index in [4.69, 9.17) is 9.47 Å². The van der Waals surface area contributed by atoms with E-state index in [0.29, 0.717) is 50.2 Å². The molecule has 2 aromatic carbocycles. The lowest BCUT2D eigenvalue weighted by Crippen LogP contribution is -2.42. The first-order valence-corrected chi connectivity index (χ1v) is 11.8. The van der Waals surface area contributed by atoms with Crippen LogP contribution in [0.3, 0.4) is 0 Å². The normalized spacial score (nSPS) is 16.7. The van der Waals surface area contributed by atoms with Gasteiger partial charge in [0.1, 0.15) is 5.75 Å². The van der Waals surface area contributed by atoms with Gasteiger partial charge < -0.3 is 30.1 Å². The Balaban J connectivity index is 1.24. The molecule has 4 rings (SSSR count). The van der Waals surface area contributed by atoms with Crippen molar-refractivity contribution in [3.63, 3.8) is 0 Å². The molecule has 0 spiro atoms. The number of nitrogens with one attached hydrogen (secondary N) is 2. The topological polar surface area (TPSA) is 100 Å². The minimum Gasteiger partial charge on any atom is -0.496 e. The average molecular weight is 468 g/mol. The zero-order valence-corrected chi connectivity index (χ0v) is 19.6. The van der Waals surface area contributed by atoms with Crippen LogP contribution in [0, 0.1) is 0 Å². The number of nitrogens with zero attached hydrogens (tertiary/aromatic N) is 1. The molecule has 0 radical (unpaired) electrons. The smallest absolute Gasteiger partial charge is 0.255 e. The van der Waals surface area contributed by atoms with Gasteiger partial charge in [-0.1, -0.05) is 30.3 Å². The Bertz CT molecular complexity index is 981. The number of ether oxygens (including phenoxy) is 2. The summed E-state index contributed by atoms with van der Waals surface area (Å²) < 4.78 is 10.7. The highest BCUT2D eigenvalue weighted by Crippen LogP contribution is 2.22. The number of hydrogen-bond acceptors (Lipinski definition) is 6. The Morgan fingerprint density at radius 2 is 1.82 bits per heavy atom. The molecule has 0 saturated carbocycles. The van der Waals surface area contributed by atoms with Crippen LogP contribution in [0.25, 0.3) is 0 Å². The van der Waals surface area contributed by atoms with Crippen LogP contribution >= 0.6 is 0 Å². The van der Waals surface area contributed by atoms with E-state index in [1.54, 1.807) is 23.1 Å². The maximum atomic E-state index is 12.7. The van der Waals surface area contributed by atoms with Crippen molar-refractivity contribution in [3.05, 3.63) is 64.7 Å². The first kappa shape index (κ1) is 24.2. The van der Waals surface area contributed by atoms with Gasteiger partial charge in [0.2, 0.25) is 5.91 Å². The summed E-state index contributed by atoms with van der Waals surface area (Å²) in [6.07, 6.45) is 1.44. The molecule has 2 amide bonds. The monoisotopic (exact) mass is 467 g/mol. The number of hydrogen-bond donors (Lipinski definition) is 3. The summed E-state index contributed by atoms with van der Waals surface area (Å²) in [5.41, 5.74) is 3.86. The van der Waals surface area contributed by atoms with Crippen LogP contribution in [-0.4, -0.2) is 80.5 Å². The lowest BCUT2D eigenvalue weighted by atomic mass is 10.1. The SMILES string of the molecule is COc1cc(CC(=O)N2CCOCC2)ccc1C(=O)NCC(O)CNC1Cc2ccccc2C1. The first-order valence-electron chi connectivity index (χ1n) is 11.8. The summed E-state index contributed by atoms with van der Waals surface area (Å²) in [6, 6.07) is 13.8. The molecule has 1 aliphatic heterocycles. The van der Waals surface area contributed by atoms with Gasteiger partial charge >= 0.3 is 0 Å². The average Bonchev–Trinajstić information content (AvgIpc) is 3.29. The molecule has 1 heterocycles. The van der Waals surface area contributed by atoms with Crippen molar-refractivity contribution < 1.29 is 24.2 Å². The van der Waals surface area contributed by atoms with E-state index < -0.39 is 6.10 Å². The van der Waals surface area contributed by atoms with E-state index in [0.717, 1.165) is 18.4 Å². The summed E-state index contributed by atoms with van der Waals surface area (Å²) in [5, 5.41) is 16.5. The summed E-state index contributed by atoms with van der Waals surface area (Å²) >= 11 is 0. The van der Waals surface area contributed by atoms with Crippen molar-refractivity contribution in [2.24, 2.45) is 0 Å². The fourth-order valence-corrected chi connectivity index (χ4v) is 4.52. The van der Waals surface area contributed by atoms with Gasteiger partial charge in [-0.2, -0.15) is 0 Å². The number of fused-ring (bicyclic) bond motifs is 1. The molecular weight excluding hydrogens is 434 g/mol. The van der Waals surface area contributed by atoms with Crippen molar-refractivity contribution in [1.29, 1.82) is 0 Å². The zero-order chi connectivity index (χ0) is 23.9. The maximum absolute atomic E-state index is 12.7. The number of aliphatic hydroxyl groups excluding tert-OH is 1. The van der Waals surface area contributed by atoms with E-state index in [1.165, 1.54) is 18.2 Å². The van der Waals surface area contributed by atoms with Gasteiger partial charge in [-0.3, -0.25) is 9.59 Å². The number of benzene rings is 2. The Kier molecular flexibility index (Phi) is 8.16. The number of rotatable bonds is 9. The molecule has 1 saturated heterocycles. The van der Waals surface area contributed by atoms with E-state index in [1.807, 2.05) is 0 Å². The molecule has 1 atom stereocenters. The van der Waals surface area contributed by atoms with Crippen LogP contribution < -0.4 is 15.4 Å². The van der Waals surface area contributed by atoms with E-state index in [-0.39, 0.29) is 24.8 Å². The minimum absolute atomic E-state index is 0.0311. The maximum Gasteiger partial charge on any atom is 0.255 e. The molecule has 0 aromatic heterocycles. The van der Waals surface area contributed by atoms with Crippen LogP contribution in [0.2, 0.25) is 0 Å².